The standard InChI is InChI=1S/C12H8BrClOS/c1-7-4-10(13)9(5-11(7)14)12-3-2-8(6-15)16-12/h2-6H,1H3. The summed E-state index contributed by atoms with van der Waals surface area (Å²) in [6.45, 7) is 1.96. The van der Waals surface area contributed by atoms with Gasteiger partial charge >= 0.3 is 0 Å². The van der Waals surface area contributed by atoms with Crippen molar-refractivity contribution in [2.24, 2.45) is 0 Å². The molecule has 0 unspecified atom stereocenters. The van der Waals surface area contributed by atoms with Gasteiger partial charge in [0.25, 0.3) is 0 Å². The minimum atomic E-state index is 0.721. The molecule has 16 heavy (non-hydrogen) atoms. The first-order chi connectivity index (χ1) is 7.61. The molecule has 0 bridgehead atoms. The zero-order chi connectivity index (χ0) is 11.7. The van der Waals surface area contributed by atoms with E-state index in [1.165, 1.54) is 11.3 Å². The SMILES string of the molecule is Cc1cc(Br)c(-c2ccc(C=O)s2)cc1Cl. The summed E-state index contributed by atoms with van der Waals surface area (Å²) in [6, 6.07) is 7.65. The molecule has 0 aliphatic heterocycles. The third kappa shape index (κ3) is 2.21. The highest BCUT2D eigenvalue weighted by Crippen LogP contribution is 2.36. The second-order valence-corrected chi connectivity index (χ2v) is 5.78. The molecule has 2 rings (SSSR count). The zero-order valence-corrected chi connectivity index (χ0v) is 11.6. The fraction of sp³-hybridized carbons (Fsp3) is 0.0833. The molecule has 1 aromatic heterocycles. The molecule has 0 saturated heterocycles. The maximum Gasteiger partial charge on any atom is 0.160 e. The van der Waals surface area contributed by atoms with Crippen LogP contribution in [0, 0.1) is 6.92 Å². The van der Waals surface area contributed by atoms with Gasteiger partial charge in [-0.25, -0.2) is 0 Å². The van der Waals surface area contributed by atoms with Crippen molar-refractivity contribution in [1.29, 1.82) is 0 Å². The van der Waals surface area contributed by atoms with Crippen LogP contribution in [-0.4, -0.2) is 6.29 Å². The van der Waals surface area contributed by atoms with Crippen LogP contribution in [0.25, 0.3) is 10.4 Å². The molecular weight excluding hydrogens is 308 g/mol. The van der Waals surface area contributed by atoms with Crippen LogP contribution in [0.5, 0.6) is 0 Å². The number of halogens is 2. The number of hydrogen-bond donors (Lipinski definition) is 0. The van der Waals surface area contributed by atoms with E-state index >= 15 is 0 Å². The fourth-order valence-corrected chi connectivity index (χ4v) is 3.22. The van der Waals surface area contributed by atoms with Crippen molar-refractivity contribution in [2.75, 3.05) is 0 Å². The number of hydrogen-bond acceptors (Lipinski definition) is 2. The van der Waals surface area contributed by atoms with E-state index in [1.54, 1.807) is 0 Å². The Labute approximate surface area is 111 Å². The van der Waals surface area contributed by atoms with Crippen LogP contribution < -0.4 is 0 Å². The molecule has 0 N–H and O–H groups in total. The third-order valence-corrected chi connectivity index (χ3v) is 4.36. The Balaban J connectivity index is 2.55. The van der Waals surface area contributed by atoms with Gasteiger partial charge in [0.2, 0.25) is 0 Å². The Kier molecular flexibility index (Phi) is 3.47. The van der Waals surface area contributed by atoms with Gasteiger partial charge in [0.1, 0.15) is 0 Å². The van der Waals surface area contributed by atoms with Crippen molar-refractivity contribution >= 4 is 45.2 Å². The summed E-state index contributed by atoms with van der Waals surface area (Å²) < 4.78 is 0.994. The summed E-state index contributed by atoms with van der Waals surface area (Å²) in [7, 11) is 0. The summed E-state index contributed by atoms with van der Waals surface area (Å²) in [5.74, 6) is 0. The van der Waals surface area contributed by atoms with Gasteiger partial charge in [0.15, 0.2) is 6.29 Å². The Bertz CT molecular complexity index is 548. The van der Waals surface area contributed by atoms with Crippen LogP contribution in [0.4, 0.5) is 0 Å². The molecule has 2 aromatic rings. The smallest absolute Gasteiger partial charge is 0.160 e. The lowest BCUT2D eigenvalue weighted by molar-refractivity contribution is 0.112. The van der Waals surface area contributed by atoms with Gasteiger partial charge in [-0.1, -0.05) is 27.5 Å². The van der Waals surface area contributed by atoms with Crippen LogP contribution >= 0.6 is 38.9 Å². The zero-order valence-electron chi connectivity index (χ0n) is 8.46. The Morgan fingerprint density at radius 1 is 1.38 bits per heavy atom. The molecular formula is C12H8BrClOS. The molecule has 82 valence electrons. The van der Waals surface area contributed by atoms with E-state index in [4.69, 9.17) is 11.6 Å². The number of carbonyl (C=O) groups excluding carboxylic acids is 1. The topological polar surface area (TPSA) is 17.1 Å². The first-order valence-electron chi connectivity index (χ1n) is 4.63. The molecule has 0 radical (unpaired) electrons. The number of aryl methyl sites for hydroxylation is 1. The molecule has 1 nitrogen and oxygen atoms in total. The number of thiophene rings is 1. The monoisotopic (exact) mass is 314 g/mol. The minimum Gasteiger partial charge on any atom is -0.297 e. The normalized spacial score (nSPS) is 10.4. The third-order valence-electron chi connectivity index (χ3n) is 2.26. The summed E-state index contributed by atoms with van der Waals surface area (Å²) in [5, 5.41) is 0.735. The first kappa shape index (κ1) is 11.8. The van der Waals surface area contributed by atoms with Crippen molar-refractivity contribution in [3.8, 4) is 10.4 Å². The molecule has 1 aromatic carbocycles. The second-order valence-electron chi connectivity index (χ2n) is 3.40. The number of carbonyl (C=O) groups is 1. The van der Waals surface area contributed by atoms with Gasteiger partial charge in [-0.15, -0.1) is 11.3 Å². The summed E-state index contributed by atoms with van der Waals surface area (Å²) in [6.07, 6.45) is 0.859. The highest BCUT2D eigenvalue weighted by atomic mass is 79.9. The molecule has 4 heteroatoms. The van der Waals surface area contributed by atoms with Crippen LogP contribution in [0.1, 0.15) is 15.2 Å². The maximum atomic E-state index is 10.6. The molecule has 0 atom stereocenters. The number of rotatable bonds is 2. The summed E-state index contributed by atoms with van der Waals surface area (Å²) >= 11 is 11.1. The number of benzene rings is 1. The van der Waals surface area contributed by atoms with Crippen molar-refractivity contribution in [2.45, 2.75) is 6.92 Å². The van der Waals surface area contributed by atoms with E-state index in [1.807, 2.05) is 31.2 Å². The van der Waals surface area contributed by atoms with Gasteiger partial charge in [0.05, 0.1) is 4.88 Å². The van der Waals surface area contributed by atoms with Gasteiger partial charge in [-0.05, 0) is 36.8 Å². The Hall–Kier alpha value is -0.640. The molecule has 0 aliphatic carbocycles. The van der Waals surface area contributed by atoms with E-state index in [0.717, 1.165) is 36.7 Å². The van der Waals surface area contributed by atoms with Crippen LogP contribution in [0.2, 0.25) is 5.02 Å². The first-order valence-corrected chi connectivity index (χ1v) is 6.61. The van der Waals surface area contributed by atoms with Crippen LogP contribution in [0.15, 0.2) is 28.7 Å². The van der Waals surface area contributed by atoms with Crippen molar-refractivity contribution < 1.29 is 4.79 Å². The van der Waals surface area contributed by atoms with E-state index in [9.17, 15) is 4.79 Å². The van der Waals surface area contributed by atoms with E-state index in [2.05, 4.69) is 15.9 Å². The van der Waals surface area contributed by atoms with Crippen LogP contribution in [0.3, 0.4) is 0 Å². The van der Waals surface area contributed by atoms with Crippen molar-refractivity contribution in [1.82, 2.24) is 0 Å². The molecule has 0 spiro atoms. The fourth-order valence-electron chi connectivity index (χ4n) is 1.40. The van der Waals surface area contributed by atoms with Gasteiger partial charge < -0.3 is 0 Å². The maximum absolute atomic E-state index is 10.6. The van der Waals surface area contributed by atoms with Crippen LogP contribution in [-0.2, 0) is 0 Å². The average molecular weight is 316 g/mol. The van der Waals surface area contributed by atoms with Crippen molar-refractivity contribution in [3.05, 3.63) is 44.2 Å². The van der Waals surface area contributed by atoms with E-state index in [0.29, 0.717) is 0 Å². The molecule has 0 fully saturated rings. The van der Waals surface area contributed by atoms with Gasteiger partial charge in [-0.2, -0.15) is 0 Å². The lowest BCUT2D eigenvalue weighted by atomic mass is 10.1. The average Bonchev–Trinajstić information content (AvgIpc) is 2.71. The van der Waals surface area contributed by atoms with Gasteiger partial charge in [0, 0.05) is 19.9 Å². The number of aldehydes is 1. The summed E-state index contributed by atoms with van der Waals surface area (Å²) in [5.41, 5.74) is 2.05. The van der Waals surface area contributed by atoms with E-state index < -0.39 is 0 Å². The molecule has 0 saturated carbocycles. The lowest BCUT2D eigenvalue weighted by Crippen LogP contribution is -1.80. The second kappa shape index (κ2) is 4.70. The highest BCUT2D eigenvalue weighted by molar-refractivity contribution is 9.10. The Morgan fingerprint density at radius 2 is 2.12 bits per heavy atom. The largest absolute Gasteiger partial charge is 0.297 e. The molecule has 0 amide bonds. The minimum absolute atomic E-state index is 0.721. The predicted octanol–water partition coefficient (Wildman–Crippen LogP) is 4.95. The van der Waals surface area contributed by atoms with E-state index in [-0.39, 0.29) is 0 Å². The molecule has 1 heterocycles. The van der Waals surface area contributed by atoms with Gasteiger partial charge in [-0.3, -0.25) is 4.79 Å². The summed E-state index contributed by atoms with van der Waals surface area (Å²) in [4.78, 5) is 12.4. The Morgan fingerprint density at radius 3 is 2.75 bits per heavy atom. The van der Waals surface area contributed by atoms with Crippen molar-refractivity contribution in [3.63, 3.8) is 0 Å². The predicted molar refractivity (Wildman–Crippen MR) is 72.6 cm³/mol. The quantitative estimate of drug-likeness (QED) is 0.716. The lowest BCUT2D eigenvalue weighted by Gasteiger charge is -2.05. The molecule has 0 aliphatic rings. The highest BCUT2D eigenvalue weighted by Gasteiger charge is 2.09.